The van der Waals surface area contributed by atoms with Crippen LogP contribution in [0.3, 0.4) is 0 Å². The fraction of sp³-hybridized carbons (Fsp3) is 0.192. The average molecular weight is 460 g/mol. The van der Waals surface area contributed by atoms with Gasteiger partial charge in [0.15, 0.2) is 5.11 Å². The number of methoxy groups -OCH3 is 1. The molecule has 33 heavy (non-hydrogen) atoms. The van der Waals surface area contributed by atoms with Crippen LogP contribution in [0.4, 0.5) is 5.69 Å². The number of carbonyl (C=O) groups is 2. The van der Waals surface area contributed by atoms with E-state index in [1.165, 1.54) is 23.1 Å². The molecule has 168 valence electrons. The summed E-state index contributed by atoms with van der Waals surface area (Å²) in [4.78, 5) is 27.5. The number of amides is 2. The number of aromatic nitrogens is 1. The summed E-state index contributed by atoms with van der Waals surface area (Å²) in [6.45, 7) is 8.11. The summed E-state index contributed by atoms with van der Waals surface area (Å²) in [5.41, 5.74) is 6.59. The number of anilines is 1. The highest BCUT2D eigenvalue weighted by Gasteiger charge is 2.36. The van der Waals surface area contributed by atoms with Crippen molar-refractivity contribution in [3.05, 3.63) is 82.2 Å². The summed E-state index contributed by atoms with van der Waals surface area (Å²) in [5.74, 6) is -0.534. The first-order chi connectivity index (χ1) is 15.7. The SMILES string of the molecule is COc1ccccc1N1C(=O)/C(=C/c2cc(C)n(-c3cc(C)cc(C)c3)c2C)C(=O)NC1=S. The highest BCUT2D eigenvalue weighted by atomic mass is 32.1. The van der Waals surface area contributed by atoms with Crippen LogP contribution in [0.25, 0.3) is 11.8 Å². The molecule has 0 bridgehead atoms. The molecular formula is C26H25N3O3S. The summed E-state index contributed by atoms with van der Waals surface area (Å²) in [6.07, 6.45) is 1.63. The third-order valence-electron chi connectivity index (χ3n) is 5.66. The zero-order chi connectivity index (χ0) is 23.9. The van der Waals surface area contributed by atoms with E-state index in [2.05, 4.69) is 41.9 Å². The Morgan fingerprint density at radius 3 is 2.30 bits per heavy atom. The lowest BCUT2D eigenvalue weighted by Crippen LogP contribution is -2.54. The van der Waals surface area contributed by atoms with Crippen LogP contribution in [0, 0.1) is 27.7 Å². The molecule has 6 nitrogen and oxygen atoms in total. The van der Waals surface area contributed by atoms with Crippen LogP contribution in [0.5, 0.6) is 5.75 Å². The zero-order valence-electron chi connectivity index (χ0n) is 19.2. The minimum absolute atomic E-state index is 0.00942. The van der Waals surface area contributed by atoms with Crippen molar-refractivity contribution >= 4 is 40.9 Å². The fourth-order valence-electron chi connectivity index (χ4n) is 4.26. The third kappa shape index (κ3) is 4.07. The molecule has 0 aliphatic carbocycles. The van der Waals surface area contributed by atoms with Gasteiger partial charge >= 0.3 is 0 Å². The van der Waals surface area contributed by atoms with Gasteiger partial charge in [0, 0.05) is 17.1 Å². The lowest BCUT2D eigenvalue weighted by Gasteiger charge is -2.29. The topological polar surface area (TPSA) is 63.6 Å². The number of aryl methyl sites for hydroxylation is 3. The molecule has 7 heteroatoms. The molecule has 2 aromatic carbocycles. The average Bonchev–Trinajstić information content (AvgIpc) is 3.03. The largest absolute Gasteiger partial charge is 0.495 e. The fourth-order valence-corrected chi connectivity index (χ4v) is 4.53. The Labute approximate surface area is 198 Å². The molecule has 0 spiro atoms. The first-order valence-corrected chi connectivity index (χ1v) is 10.9. The van der Waals surface area contributed by atoms with Crippen LogP contribution in [0.2, 0.25) is 0 Å². The minimum atomic E-state index is -0.521. The van der Waals surface area contributed by atoms with E-state index in [1.54, 1.807) is 30.3 Å². The van der Waals surface area contributed by atoms with Crippen LogP contribution in [-0.4, -0.2) is 28.6 Å². The number of para-hydroxylation sites is 2. The molecule has 1 N–H and O–H groups in total. The first kappa shape index (κ1) is 22.5. The summed E-state index contributed by atoms with van der Waals surface area (Å²) in [7, 11) is 1.52. The Hall–Kier alpha value is -3.71. The van der Waals surface area contributed by atoms with Gasteiger partial charge in [0.05, 0.1) is 12.8 Å². The lowest BCUT2D eigenvalue weighted by molar-refractivity contribution is -0.122. The Bertz CT molecular complexity index is 1320. The Morgan fingerprint density at radius 2 is 1.64 bits per heavy atom. The number of nitrogens with one attached hydrogen (secondary N) is 1. The number of hydrogen-bond donors (Lipinski definition) is 1. The van der Waals surface area contributed by atoms with E-state index in [0.717, 1.165) is 22.6 Å². The zero-order valence-corrected chi connectivity index (χ0v) is 20.0. The van der Waals surface area contributed by atoms with Crippen LogP contribution >= 0.6 is 12.2 Å². The van der Waals surface area contributed by atoms with Crippen molar-refractivity contribution in [1.82, 2.24) is 9.88 Å². The number of nitrogens with zero attached hydrogens (tertiary/aromatic N) is 2. The smallest absolute Gasteiger partial charge is 0.270 e. The molecule has 1 fully saturated rings. The first-order valence-electron chi connectivity index (χ1n) is 10.5. The molecule has 0 saturated carbocycles. The second kappa shape index (κ2) is 8.67. The molecule has 2 heterocycles. The third-order valence-corrected chi connectivity index (χ3v) is 5.95. The molecule has 1 saturated heterocycles. The normalized spacial score (nSPS) is 15.2. The molecule has 4 rings (SSSR count). The van der Waals surface area contributed by atoms with Gasteiger partial charge in [0.2, 0.25) is 0 Å². The maximum atomic E-state index is 13.4. The summed E-state index contributed by atoms with van der Waals surface area (Å²) in [5, 5.41) is 2.66. The molecule has 1 aliphatic heterocycles. The van der Waals surface area contributed by atoms with Gasteiger partial charge in [0.1, 0.15) is 11.3 Å². The summed E-state index contributed by atoms with van der Waals surface area (Å²) < 4.78 is 7.52. The Morgan fingerprint density at radius 1 is 0.970 bits per heavy atom. The quantitative estimate of drug-likeness (QED) is 0.353. The number of thiocarbonyl (C=S) groups is 1. The predicted octanol–water partition coefficient (Wildman–Crippen LogP) is 4.55. The number of carbonyl (C=O) groups excluding carboxylic acids is 2. The van der Waals surface area contributed by atoms with Gasteiger partial charge in [-0.2, -0.15) is 0 Å². The van der Waals surface area contributed by atoms with Crippen molar-refractivity contribution in [1.29, 1.82) is 0 Å². The Balaban J connectivity index is 1.79. The van der Waals surface area contributed by atoms with Crippen molar-refractivity contribution in [3.63, 3.8) is 0 Å². The minimum Gasteiger partial charge on any atom is -0.495 e. The van der Waals surface area contributed by atoms with Gasteiger partial charge in [-0.1, -0.05) is 18.2 Å². The maximum Gasteiger partial charge on any atom is 0.270 e. The highest BCUT2D eigenvalue weighted by molar-refractivity contribution is 7.80. The molecule has 0 atom stereocenters. The van der Waals surface area contributed by atoms with Crippen molar-refractivity contribution in [2.45, 2.75) is 27.7 Å². The standard InChI is InChI=1S/C26H25N3O3S/c1-15-10-16(2)12-20(11-15)28-17(3)13-19(18(28)4)14-21-24(30)27-26(33)29(25(21)31)22-8-6-7-9-23(22)32-5/h6-14H,1-5H3,(H,27,30,33)/b21-14+. The van der Waals surface area contributed by atoms with E-state index in [9.17, 15) is 9.59 Å². The van der Waals surface area contributed by atoms with E-state index in [-0.39, 0.29) is 10.7 Å². The number of ether oxygens (including phenoxy) is 1. The second-order valence-electron chi connectivity index (χ2n) is 8.14. The highest BCUT2D eigenvalue weighted by Crippen LogP contribution is 2.31. The van der Waals surface area contributed by atoms with E-state index in [0.29, 0.717) is 11.4 Å². The molecule has 2 amide bonds. The summed E-state index contributed by atoms with van der Waals surface area (Å²) >= 11 is 5.31. The van der Waals surface area contributed by atoms with Gasteiger partial charge in [-0.05, 0) is 93.0 Å². The van der Waals surface area contributed by atoms with Gasteiger partial charge in [0.25, 0.3) is 11.8 Å². The van der Waals surface area contributed by atoms with Gasteiger partial charge < -0.3 is 9.30 Å². The van der Waals surface area contributed by atoms with E-state index >= 15 is 0 Å². The molecular weight excluding hydrogens is 434 g/mol. The van der Waals surface area contributed by atoms with Crippen molar-refractivity contribution in [3.8, 4) is 11.4 Å². The van der Waals surface area contributed by atoms with Crippen molar-refractivity contribution in [2.24, 2.45) is 0 Å². The van der Waals surface area contributed by atoms with E-state index in [4.69, 9.17) is 17.0 Å². The van der Waals surface area contributed by atoms with Crippen LogP contribution in [0.15, 0.2) is 54.1 Å². The molecule has 3 aromatic rings. The predicted molar refractivity (Wildman–Crippen MR) is 134 cm³/mol. The number of rotatable bonds is 4. The summed E-state index contributed by atoms with van der Waals surface area (Å²) in [6, 6.07) is 15.4. The maximum absolute atomic E-state index is 13.4. The van der Waals surface area contributed by atoms with E-state index < -0.39 is 11.8 Å². The van der Waals surface area contributed by atoms with Crippen LogP contribution < -0.4 is 15.0 Å². The Kier molecular flexibility index (Phi) is 5.91. The van der Waals surface area contributed by atoms with Crippen molar-refractivity contribution < 1.29 is 14.3 Å². The second-order valence-corrected chi connectivity index (χ2v) is 8.52. The monoisotopic (exact) mass is 459 g/mol. The molecule has 0 radical (unpaired) electrons. The molecule has 1 aromatic heterocycles. The van der Waals surface area contributed by atoms with E-state index in [1.807, 2.05) is 19.9 Å². The molecule has 1 aliphatic rings. The van der Waals surface area contributed by atoms with Crippen LogP contribution in [0.1, 0.15) is 28.1 Å². The van der Waals surface area contributed by atoms with Crippen molar-refractivity contribution in [2.75, 3.05) is 12.0 Å². The molecule has 0 unspecified atom stereocenters. The van der Waals surface area contributed by atoms with Gasteiger partial charge in [-0.15, -0.1) is 0 Å². The van der Waals surface area contributed by atoms with Crippen LogP contribution in [-0.2, 0) is 9.59 Å². The number of benzene rings is 2. The van der Waals surface area contributed by atoms with Gasteiger partial charge in [-0.25, -0.2) is 4.90 Å². The number of hydrogen-bond acceptors (Lipinski definition) is 4. The lowest BCUT2D eigenvalue weighted by atomic mass is 10.1. The van der Waals surface area contributed by atoms with Gasteiger partial charge in [-0.3, -0.25) is 14.9 Å².